The van der Waals surface area contributed by atoms with Crippen molar-refractivity contribution in [3.05, 3.63) is 17.3 Å². The molecule has 0 aliphatic carbocycles. The van der Waals surface area contributed by atoms with Crippen LogP contribution in [0, 0.1) is 6.92 Å². The molecule has 0 aromatic carbocycles. The minimum atomic E-state index is 0.984. The molecule has 0 aliphatic rings. The van der Waals surface area contributed by atoms with Gasteiger partial charge in [0.25, 0.3) is 0 Å². The number of anilines is 1. The lowest BCUT2D eigenvalue weighted by molar-refractivity contribution is 0.849. The molecule has 0 radical (unpaired) electrons. The first kappa shape index (κ1) is 10.4. The van der Waals surface area contributed by atoms with Crippen molar-refractivity contribution < 1.29 is 0 Å². The number of thiophene rings is 1. The molecule has 2 rings (SSSR count). The number of aryl methyl sites for hydroxylation is 1. The van der Waals surface area contributed by atoms with Gasteiger partial charge in [0.2, 0.25) is 0 Å². The normalized spacial score (nSPS) is 10.9. The van der Waals surface area contributed by atoms with Crippen LogP contribution in [0.2, 0.25) is 0 Å². The summed E-state index contributed by atoms with van der Waals surface area (Å²) in [6.07, 6.45) is 1.66. The summed E-state index contributed by atoms with van der Waals surface area (Å²) < 4.78 is 0. The summed E-state index contributed by atoms with van der Waals surface area (Å²) in [5.41, 5.74) is 1.28. The van der Waals surface area contributed by atoms with Gasteiger partial charge in [-0.2, -0.15) is 0 Å². The first-order valence-corrected chi connectivity index (χ1v) is 6.09. The largest absolute Gasteiger partial charge is 0.357 e. The summed E-state index contributed by atoms with van der Waals surface area (Å²) in [4.78, 5) is 12.1. The Morgan fingerprint density at radius 1 is 1.27 bits per heavy atom. The SMILES string of the molecule is CCN(CC)c1ncnc2scc(C)c12. The van der Waals surface area contributed by atoms with Crippen molar-refractivity contribution in [2.24, 2.45) is 0 Å². The zero-order valence-corrected chi connectivity index (χ0v) is 10.1. The Morgan fingerprint density at radius 2 is 2.00 bits per heavy atom. The Kier molecular flexibility index (Phi) is 2.86. The molecule has 2 heterocycles. The summed E-state index contributed by atoms with van der Waals surface area (Å²) in [5.74, 6) is 1.07. The van der Waals surface area contributed by atoms with Crippen LogP contribution in [0.3, 0.4) is 0 Å². The van der Waals surface area contributed by atoms with Gasteiger partial charge in [-0.05, 0) is 31.7 Å². The van der Waals surface area contributed by atoms with Crippen LogP contribution in [0.15, 0.2) is 11.7 Å². The van der Waals surface area contributed by atoms with Crippen LogP contribution in [0.5, 0.6) is 0 Å². The Bertz CT molecular complexity index is 460. The molecular formula is C11H15N3S. The minimum Gasteiger partial charge on any atom is -0.357 e. The molecule has 0 fully saturated rings. The fourth-order valence-electron chi connectivity index (χ4n) is 1.76. The molecule has 0 saturated heterocycles. The summed E-state index contributed by atoms with van der Waals surface area (Å²) in [5, 5.41) is 3.36. The van der Waals surface area contributed by atoms with Crippen LogP contribution in [0.1, 0.15) is 19.4 Å². The lowest BCUT2D eigenvalue weighted by Gasteiger charge is -2.20. The van der Waals surface area contributed by atoms with Gasteiger partial charge in [0.15, 0.2) is 0 Å². The number of fused-ring (bicyclic) bond motifs is 1. The standard InChI is InChI=1S/C11H15N3S/c1-4-14(5-2)10-9-8(3)6-15-11(9)13-7-12-10/h6-7H,4-5H2,1-3H3. The number of nitrogens with zero attached hydrogens (tertiary/aromatic N) is 3. The predicted octanol–water partition coefficient (Wildman–Crippen LogP) is 2.85. The molecule has 0 atom stereocenters. The molecule has 0 saturated carbocycles. The van der Waals surface area contributed by atoms with E-state index in [0.717, 1.165) is 23.7 Å². The van der Waals surface area contributed by atoms with Gasteiger partial charge in [0.05, 0.1) is 5.39 Å². The second-order valence-corrected chi connectivity index (χ2v) is 4.33. The zero-order chi connectivity index (χ0) is 10.8. The number of hydrogen-bond donors (Lipinski definition) is 0. The van der Waals surface area contributed by atoms with Gasteiger partial charge < -0.3 is 4.90 Å². The van der Waals surface area contributed by atoms with E-state index < -0.39 is 0 Å². The molecule has 2 aromatic rings. The van der Waals surface area contributed by atoms with Gasteiger partial charge >= 0.3 is 0 Å². The zero-order valence-electron chi connectivity index (χ0n) is 9.32. The topological polar surface area (TPSA) is 29.0 Å². The molecular weight excluding hydrogens is 206 g/mol. The summed E-state index contributed by atoms with van der Waals surface area (Å²) >= 11 is 1.69. The fourth-order valence-corrected chi connectivity index (χ4v) is 2.65. The van der Waals surface area contributed by atoms with Crippen LogP contribution in [-0.4, -0.2) is 23.1 Å². The Balaban J connectivity index is 2.63. The summed E-state index contributed by atoms with van der Waals surface area (Å²) in [7, 11) is 0. The van der Waals surface area contributed by atoms with Crippen molar-refractivity contribution in [1.82, 2.24) is 9.97 Å². The van der Waals surface area contributed by atoms with Gasteiger partial charge in [-0.15, -0.1) is 11.3 Å². The van der Waals surface area contributed by atoms with Gasteiger partial charge in [-0.3, -0.25) is 0 Å². The van der Waals surface area contributed by atoms with Crippen LogP contribution < -0.4 is 4.90 Å². The van der Waals surface area contributed by atoms with E-state index >= 15 is 0 Å². The van der Waals surface area contributed by atoms with E-state index in [9.17, 15) is 0 Å². The quantitative estimate of drug-likeness (QED) is 0.798. The van der Waals surface area contributed by atoms with Gasteiger partial charge in [-0.25, -0.2) is 9.97 Å². The molecule has 15 heavy (non-hydrogen) atoms. The molecule has 2 aromatic heterocycles. The van der Waals surface area contributed by atoms with Crippen molar-refractivity contribution in [3.8, 4) is 0 Å². The average molecular weight is 221 g/mol. The highest BCUT2D eigenvalue weighted by atomic mass is 32.1. The average Bonchev–Trinajstić information content (AvgIpc) is 2.63. The maximum absolute atomic E-state index is 4.40. The van der Waals surface area contributed by atoms with E-state index in [1.54, 1.807) is 17.7 Å². The molecule has 0 spiro atoms. The lowest BCUT2D eigenvalue weighted by atomic mass is 10.2. The maximum atomic E-state index is 4.40. The van der Waals surface area contributed by atoms with Crippen LogP contribution in [-0.2, 0) is 0 Å². The van der Waals surface area contributed by atoms with Crippen molar-refractivity contribution in [1.29, 1.82) is 0 Å². The molecule has 80 valence electrons. The van der Waals surface area contributed by atoms with Crippen LogP contribution in [0.4, 0.5) is 5.82 Å². The molecule has 0 unspecified atom stereocenters. The van der Waals surface area contributed by atoms with E-state index in [1.807, 2.05) is 0 Å². The van der Waals surface area contributed by atoms with Crippen molar-refractivity contribution >= 4 is 27.4 Å². The van der Waals surface area contributed by atoms with Crippen LogP contribution >= 0.6 is 11.3 Å². The van der Waals surface area contributed by atoms with E-state index in [-0.39, 0.29) is 0 Å². The number of aromatic nitrogens is 2. The van der Waals surface area contributed by atoms with Crippen LogP contribution in [0.25, 0.3) is 10.2 Å². The summed E-state index contributed by atoms with van der Waals surface area (Å²) in [6, 6.07) is 0. The molecule has 0 amide bonds. The smallest absolute Gasteiger partial charge is 0.141 e. The second kappa shape index (κ2) is 4.14. The van der Waals surface area contributed by atoms with Gasteiger partial charge in [0.1, 0.15) is 17.0 Å². The third kappa shape index (κ3) is 1.69. The summed E-state index contributed by atoms with van der Waals surface area (Å²) in [6.45, 7) is 8.39. The fraction of sp³-hybridized carbons (Fsp3) is 0.455. The van der Waals surface area contributed by atoms with Gasteiger partial charge in [-0.1, -0.05) is 0 Å². The molecule has 0 N–H and O–H groups in total. The van der Waals surface area contributed by atoms with Crippen molar-refractivity contribution in [2.45, 2.75) is 20.8 Å². The monoisotopic (exact) mass is 221 g/mol. The Labute approximate surface area is 93.8 Å². The Morgan fingerprint density at radius 3 is 2.67 bits per heavy atom. The molecule has 4 heteroatoms. The first-order valence-electron chi connectivity index (χ1n) is 5.21. The highest BCUT2D eigenvalue weighted by molar-refractivity contribution is 7.17. The van der Waals surface area contributed by atoms with E-state index in [4.69, 9.17) is 0 Å². The third-order valence-electron chi connectivity index (χ3n) is 2.60. The lowest BCUT2D eigenvalue weighted by Crippen LogP contribution is -2.23. The molecule has 0 aliphatic heterocycles. The van der Waals surface area contributed by atoms with Crippen molar-refractivity contribution in [2.75, 3.05) is 18.0 Å². The Hall–Kier alpha value is -1.16. The van der Waals surface area contributed by atoms with E-state index in [1.165, 1.54) is 10.9 Å². The molecule has 0 bridgehead atoms. The predicted molar refractivity (Wildman–Crippen MR) is 65.7 cm³/mol. The minimum absolute atomic E-state index is 0.984. The third-order valence-corrected chi connectivity index (χ3v) is 3.60. The van der Waals surface area contributed by atoms with E-state index in [2.05, 4.69) is 41.0 Å². The van der Waals surface area contributed by atoms with Gasteiger partial charge in [0, 0.05) is 13.1 Å². The van der Waals surface area contributed by atoms with Crippen molar-refractivity contribution in [3.63, 3.8) is 0 Å². The molecule has 3 nitrogen and oxygen atoms in total. The maximum Gasteiger partial charge on any atom is 0.141 e. The first-order chi connectivity index (χ1) is 7.27. The number of rotatable bonds is 3. The van der Waals surface area contributed by atoms with E-state index in [0.29, 0.717) is 0 Å². The highest BCUT2D eigenvalue weighted by Crippen LogP contribution is 2.30. The second-order valence-electron chi connectivity index (χ2n) is 3.47. The number of hydrogen-bond acceptors (Lipinski definition) is 4. The highest BCUT2D eigenvalue weighted by Gasteiger charge is 2.12.